The van der Waals surface area contributed by atoms with Gasteiger partial charge in [0.2, 0.25) is 11.8 Å². The Balaban J connectivity index is 2.27. The lowest BCUT2D eigenvalue weighted by atomic mass is 10.3. The van der Waals surface area contributed by atoms with E-state index in [1.807, 2.05) is 25.4 Å². The van der Waals surface area contributed by atoms with E-state index in [4.69, 9.17) is 4.42 Å². The molecule has 2 aromatic heterocycles. The van der Waals surface area contributed by atoms with Gasteiger partial charge < -0.3 is 9.73 Å². The Hall–Kier alpha value is -0.720. The van der Waals surface area contributed by atoms with Gasteiger partial charge in [-0.1, -0.05) is 0 Å². The molecule has 1 N–H and O–H groups in total. The van der Waals surface area contributed by atoms with Crippen LogP contribution in [0.1, 0.15) is 18.9 Å². The lowest BCUT2D eigenvalue weighted by Crippen LogP contribution is -2.12. The largest absolute Gasteiger partial charge is 0.419 e. The van der Waals surface area contributed by atoms with Crippen LogP contribution in [0.4, 0.5) is 0 Å². The fourth-order valence-electron chi connectivity index (χ4n) is 1.07. The van der Waals surface area contributed by atoms with Gasteiger partial charge in [0, 0.05) is 5.38 Å². The van der Waals surface area contributed by atoms with Crippen molar-refractivity contribution >= 4 is 27.3 Å². The predicted octanol–water partition coefficient (Wildman–Crippen LogP) is 2.84. The molecule has 0 amide bonds. The third-order valence-electron chi connectivity index (χ3n) is 2.06. The van der Waals surface area contributed by atoms with Gasteiger partial charge in [-0.25, -0.2) is 0 Å². The maximum absolute atomic E-state index is 5.54. The van der Waals surface area contributed by atoms with E-state index in [0.717, 1.165) is 9.35 Å². The van der Waals surface area contributed by atoms with Gasteiger partial charge >= 0.3 is 0 Å². The third kappa shape index (κ3) is 2.27. The van der Waals surface area contributed by atoms with E-state index in [-0.39, 0.29) is 6.04 Å². The molecule has 0 spiro atoms. The summed E-state index contributed by atoms with van der Waals surface area (Å²) in [5, 5.41) is 13.0. The number of hydrogen-bond acceptors (Lipinski definition) is 5. The van der Waals surface area contributed by atoms with Crippen molar-refractivity contribution in [3.8, 4) is 11.5 Å². The second kappa shape index (κ2) is 4.42. The second-order valence-electron chi connectivity index (χ2n) is 3.10. The van der Waals surface area contributed by atoms with Gasteiger partial charge in [0.25, 0.3) is 0 Å². The number of thiophene rings is 1. The molecule has 2 heterocycles. The molecule has 0 fully saturated rings. The quantitative estimate of drug-likeness (QED) is 0.943. The number of halogens is 1. The molecule has 1 atom stereocenters. The highest BCUT2D eigenvalue weighted by atomic mass is 79.9. The minimum absolute atomic E-state index is 0.0772. The average Bonchev–Trinajstić information content (AvgIpc) is 2.84. The highest BCUT2D eigenvalue weighted by molar-refractivity contribution is 9.11. The zero-order chi connectivity index (χ0) is 10.8. The molecule has 2 aromatic rings. The molecule has 0 aromatic carbocycles. The molecule has 0 saturated heterocycles. The molecule has 15 heavy (non-hydrogen) atoms. The minimum Gasteiger partial charge on any atom is -0.419 e. The first-order valence-electron chi connectivity index (χ1n) is 4.45. The summed E-state index contributed by atoms with van der Waals surface area (Å²) >= 11 is 4.99. The first-order chi connectivity index (χ1) is 7.20. The van der Waals surface area contributed by atoms with E-state index >= 15 is 0 Å². The predicted molar refractivity (Wildman–Crippen MR) is 62.8 cm³/mol. The Bertz CT molecular complexity index is 454. The van der Waals surface area contributed by atoms with E-state index in [2.05, 4.69) is 31.4 Å². The molecule has 2 rings (SSSR count). The number of hydrogen-bond donors (Lipinski definition) is 1. The van der Waals surface area contributed by atoms with E-state index in [0.29, 0.717) is 11.8 Å². The molecule has 4 nitrogen and oxygen atoms in total. The van der Waals surface area contributed by atoms with Crippen LogP contribution in [0.3, 0.4) is 0 Å². The van der Waals surface area contributed by atoms with Crippen LogP contribution < -0.4 is 5.32 Å². The van der Waals surface area contributed by atoms with Crippen molar-refractivity contribution in [2.75, 3.05) is 7.05 Å². The van der Waals surface area contributed by atoms with Gasteiger partial charge in [-0.05, 0) is 36.0 Å². The molecular weight excluding hydrogens is 278 g/mol. The van der Waals surface area contributed by atoms with Crippen LogP contribution in [0.5, 0.6) is 0 Å². The van der Waals surface area contributed by atoms with Crippen LogP contribution in [-0.4, -0.2) is 17.2 Å². The van der Waals surface area contributed by atoms with Crippen molar-refractivity contribution in [1.82, 2.24) is 15.5 Å². The number of nitrogens with one attached hydrogen (secondary N) is 1. The van der Waals surface area contributed by atoms with Crippen molar-refractivity contribution in [3.63, 3.8) is 0 Å². The van der Waals surface area contributed by atoms with Gasteiger partial charge in [0.15, 0.2) is 0 Å². The van der Waals surface area contributed by atoms with Gasteiger partial charge in [0.05, 0.1) is 15.4 Å². The van der Waals surface area contributed by atoms with E-state index in [1.54, 1.807) is 11.3 Å². The lowest BCUT2D eigenvalue weighted by molar-refractivity contribution is 0.441. The van der Waals surface area contributed by atoms with Crippen LogP contribution in [-0.2, 0) is 0 Å². The minimum atomic E-state index is 0.0772. The van der Waals surface area contributed by atoms with Crippen LogP contribution >= 0.6 is 27.3 Å². The van der Waals surface area contributed by atoms with Crippen molar-refractivity contribution in [3.05, 3.63) is 21.1 Å². The number of rotatable bonds is 3. The van der Waals surface area contributed by atoms with Crippen molar-refractivity contribution < 1.29 is 4.42 Å². The van der Waals surface area contributed by atoms with E-state index in [1.165, 1.54) is 0 Å². The van der Waals surface area contributed by atoms with Crippen LogP contribution in [0.15, 0.2) is 19.6 Å². The SMILES string of the molecule is CNC(C)c1nnc(-c2csc(Br)c2)o1. The zero-order valence-corrected chi connectivity index (χ0v) is 10.7. The summed E-state index contributed by atoms with van der Waals surface area (Å²) in [6.07, 6.45) is 0. The van der Waals surface area contributed by atoms with Gasteiger partial charge in [-0.15, -0.1) is 21.5 Å². The van der Waals surface area contributed by atoms with Gasteiger partial charge in [-0.3, -0.25) is 0 Å². The number of nitrogens with zero attached hydrogens (tertiary/aromatic N) is 2. The zero-order valence-electron chi connectivity index (χ0n) is 8.32. The summed E-state index contributed by atoms with van der Waals surface area (Å²) in [7, 11) is 1.86. The second-order valence-corrected chi connectivity index (χ2v) is 5.39. The van der Waals surface area contributed by atoms with Crippen LogP contribution in [0, 0.1) is 0 Å². The fraction of sp³-hybridized carbons (Fsp3) is 0.333. The smallest absolute Gasteiger partial charge is 0.248 e. The molecule has 0 aliphatic heterocycles. The summed E-state index contributed by atoms with van der Waals surface area (Å²) in [4.78, 5) is 0. The Morgan fingerprint density at radius 1 is 1.53 bits per heavy atom. The monoisotopic (exact) mass is 287 g/mol. The maximum Gasteiger partial charge on any atom is 0.248 e. The molecule has 0 bridgehead atoms. The summed E-state index contributed by atoms with van der Waals surface area (Å²) in [5.74, 6) is 1.17. The standard InChI is InChI=1S/C9H10BrN3OS/c1-5(11-2)8-12-13-9(14-8)6-3-7(10)15-4-6/h3-5,11H,1-2H3. The van der Waals surface area contributed by atoms with Crippen LogP contribution in [0.25, 0.3) is 11.5 Å². The summed E-state index contributed by atoms with van der Waals surface area (Å²) in [6.45, 7) is 1.97. The molecule has 80 valence electrons. The van der Waals surface area contributed by atoms with Crippen LogP contribution in [0.2, 0.25) is 0 Å². The molecule has 0 aliphatic rings. The van der Waals surface area contributed by atoms with Gasteiger partial charge in [0.1, 0.15) is 0 Å². The first-order valence-corrected chi connectivity index (χ1v) is 6.13. The molecule has 1 unspecified atom stereocenters. The molecule has 0 radical (unpaired) electrons. The van der Waals surface area contributed by atoms with Gasteiger partial charge in [-0.2, -0.15) is 0 Å². The Morgan fingerprint density at radius 2 is 2.33 bits per heavy atom. The van der Waals surface area contributed by atoms with Crippen molar-refractivity contribution in [1.29, 1.82) is 0 Å². The van der Waals surface area contributed by atoms with E-state index < -0.39 is 0 Å². The van der Waals surface area contributed by atoms with Crippen molar-refractivity contribution in [2.24, 2.45) is 0 Å². The summed E-state index contributed by atoms with van der Waals surface area (Å²) in [5.41, 5.74) is 0.953. The molecule has 0 aliphatic carbocycles. The topological polar surface area (TPSA) is 51.0 Å². The average molecular weight is 288 g/mol. The first kappa shape index (κ1) is 10.8. The molecule has 0 saturated carbocycles. The molecule has 6 heteroatoms. The number of aromatic nitrogens is 2. The Morgan fingerprint density at radius 3 is 2.93 bits per heavy atom. The van der Waals surface area contributed by atoms with Crippen molar-refractivity contribution in [2.45, 2.75) is 13.0 Å². The summed E-state index contributed by atoms with van der Waals surface area (Å²) in [6, 6.07) is 2.04. The third-order valence-corrected chi connectivity index (χ3v) is 3.56. The summed E-state index contributed by atoms with van der Waals surface area (Å²) < 4.78 is 6.59. The fourth-order valence-corrected chi connectivity index (χ4v) is 2.20. The lowest BCUT2D eigenvalue weighted by Gasteiger charge is -2.01. The molecular formula is C9H10BrN3OS. The highest BCUT2D eigenvalue weighted by Crippen LogP contribution is 2.28. The maximum atomic E-state index is 5.54. The Kier molecular flexibility index (Phi) is 3.18. The van der Waals surface area contributed by atoms with E-state index in [9.17, 15) is 0 Å². The highest BCUT2D eigenvalue weighted by Gasteiger charge is 2.13. The normalized spacial score (nSPS) is 13.0. The Labute approximate surface area is 99.8 Å².